The van der Waals surface area contributed by atoms with Crippen LogP contribution in [0.4, 0.5) is 4.39 Å². The molecule has 0 aliphatic heterocycles. The summed E-state index contributed by atoms with van der Waals surface area (Å²) in [5.74, 6) is 0.902. The minimum Gasteiger partial charge on any atom is -0.342 e. The molecule has 0 bridgehead atoms. The Labute approximate surface area is 120 Å². The van der Waals surface area contributed by atoms with Gasteiger partial charge < -0.3 is 4.90 Å². The van der Waals surface area contributed by atoms with Gasteiger partial charge in [0.25, 0.3) is 0 Å². The summed E-state index contributed by atoms with van der Waals surface area (Å²) >= 11 is 0. The Kier molecular flexibility index (Phi) is 3.77. The van der Waals surface area contributed by atoms with E-state index in [2.05, 4.69) is 6.92 Å². The van der Waals surface area contributed by atoms with Gasteiger partial charge >= 0.3 is 0 Å². The van der Waals surface area contributed by atoms with Gasteiger partial charge in [0.05, 0.1) is 0 Å². The molecule has 0 N–H and O–H groups in total. The first-order valence-corrected chi connectivity index (χ1v) is 7.74. The van der Waals surface area contributed by atoms with E-state index in [0.717, 1.165) is 31.8 Å². The third-order valence-corrected chi connectivity index (χ3v) is 4.39. The lowest BCUT2D eigenvalue weighted by molar-refractivity contribution is -0.133. The van der Waals surface area contributed by atoms with Crippen LogP contribution in [0.25, 0.3) is 0 Å². The highest BCUT2D eigenvalue weighted by Gasteiger charge is 2.47. The molecule has 0 aromatic heterocycles. The minimum atomic E-state index is -0.169. The monoisotopic (exact) mass is 275 g/mol. The molecular formula is C17H22FNO. The lowest BCUT2D eigenvalue weighted by atomic mass is 10.1. The van der Waals surface area contributed by atoms with Gasteiger partial charge in [0, 0.05) is 19.0 Å². The summed E-state index contributed by atoms with van der Waals surface area (Å²) in [6.07, 6.45) is 4.32. The van der Waals surface area contributed by atoms with E-state index in [-0.39, 0.29) is 23.6 Å². The molecule has 2 saturated carbocycles. The number of nitrogens with zero attached hydrogens (tertiary/aromatic N) is 1. The smallest absolute Gasteiger partial charge is 0.226 e. The maximum Gasteiger partial charge on any atom is 0.226 e. The van der Waals surface area contributed by atoms with Crippen molar-refractivity contribution in [3.05, 3.63) is 35.6 Å². The van der Waals surface area contributed by atoms with E-state index in [0.29, 0.717) is 5.56 Å². The van der Waals surface area contributed by atoms with Gasteiger partial charge in [-0.1, -0.05) is 25.1 Å². The van der Waals surface area contributed by atoms with Crippen molar-refractivity contribution in [3.63, 3.8) is 0 Å². The number of benzene rings is 1. The molecule has 0 spiro atoms. The van der Waals surface area contributed by atoms with Crippen molar-refractivity contribution in [2.45, 2.75) is 38.5 Å². The molecule has 1 aromatic carbocycles. The standard InChI is InChI=1S/C17H22FNO/c1-2-9-19(11-12-7-8-12)17(20)15-10-14(15)13-5-3-4-6-16(13)18/h3-6,12,14-15H,2,7-11H2,1H3. The fraction of sp³-hybridized carbons (Fsp3) is 0.588. The summed E-state index contributed by atoms with van der Waals surface area (Å²) in [6.45, 7) is 3.86. The first-order chi connectivity index (χ1) is 9.70. The van der Waals surface area contributed by atoms with Crippen molar-refractivity contribution < 1.29 is 9.18 Å². The van der Waals surface area contributed by atoms with Crippen LogP contribution in [-0.4, -0.2) is 23.9 Å². The summed E-state index contributed by atoms with van der Waals surface area (Å²) < 4.78 is 13.8. The van der Waals surface area contributed by atoms with Crippen molar-refractivity contribution in [1.82, 2.24) is 4.90 Å². The molecule has 20 heavy (non-hydrogen) atoms. The van der Waals surface area contributed by atoms with Gasteiger partial charge in [-0.2, -0.15) is 0 Å². The quantitative estimate of drug-likeness (QED) is 0.777. The Hall–Kier alpha value is -1.38. The predicted molar refractivity (Wildman–Crippen MR) is 76.8 cm³/mol. The lowest BCUT2D eigenvalue weighted by Crippen LogP contribution is -2.35. The number of carbonyl (C=O) groups excluding carboxylic acids is 1. The highest BCUT2D eigenvalue weighted by Crippen LogP contribution is 2.49. The Morgan fingerprint density at radius 1 is 1.35 bits per heavy atom. The molecule has 0 saturated heterocycles. The maximum absolute atomic E-state index is 13.8. The molecule has 1 aromatic rings. The Morgan fingerprint density at radius 3 is 2.75 bits per heavy atom. The number of hydrogen-bond acceptors (Lipinski definition) is 1. The van der Waals surface area contributed by atoms with E-state index in [4.69, 9.17) is 0 Å². The number of carbonyl (C=O) groups is 1. The van der Waals surface area contributed by atoms with E-state index in [1.165, 1.54) is 18.9 Å². The second-order valence-corrected chi connectivity index (χ2v) is 6.20. The van der Waals surface area contributed by atoms with Crippen LogP contribution >= 0.6 is 0 Å². The molecule has 2 nitrogen and oxygen atoms in total. The van der Waals surface area contributed by atoms with Crippen LogP contribution in [0.1, 0.15) is 44.1 Å². The molecule has 2 aliphatic rings. The van der Waals surface area contributed by atoms with Crippen molar-refractivity contribution in [2.24, 2.45) is 11.8 Å². The van der Waals surface area contributed by atoms with Crippen LogP contribution < -0.4 is 0 Å². The highest BCUT2D eigenvalue weighted by molar-refractivity contribution is 5.83. The molecule has 1 amide bonds. The zero-order valence-electron chi connectivity index (χ0n) is 12.0. The average molecular weight is 275 g/mol. The molecule has 2 aliphatic carbocycles. The predicted octanol–water partition coefficient (Wildman–Crippen LogP) is 3.58. The van der Waals surface area contributed by atoms with Gasteiger partial charge in [-0.3, -0.25) is 4.79 Å². The zero-order chi connectivity index (χ0) is 14.1. The van der Waals surface area contributed by atoms with Gasteiger partial charge in [0.15, 0.2) is 0 Å². The summed E-state index contributed by atoms with van der Waals surface area (Å²) in [7, 11) is 0. The Balaban J connectivity index is 1.64. The van der Waals surface area contributed by atoms with Crippen LogP contribution in [0.5, 0.6) is 0 Å². The normalized spacial score (nSPS) is 24.5. The molecule has 3 rings (SSSR count). The minimum absolute atomic E-state index is 0.0113. The summed E-state index contributed by atoms with van der Waals surface area (Å²) in [5, 5.41) is 0. The number of amides is 1. The zero-order valence-corrected chi connectivity index (χ0v) is 12.0. The van der Waals surface area contributed by atoms with E-state index in [1.54, 1.807) is 6.07 Å². The largest absolute Gasteiger partial charge is 0.342 e. The van der Waals surface area contributed by atoms with Crippen molar-refractivity contribution in [3.8, 4) is 0 Å². The van der Waals surface area contributed by atoms with Crippen LogP contribution in [0, 0.1) is 17.7 Å². The highest BCUT2D eigenvalue weighted by atomic mass is 19.1. The van der Waals surface area contributed by atoms with Gasteiger partial charge in [-0.25, -0.2) is 4.39 Å². The average Bonchev–Trinajstić information content (AvgIpc) is 3.33. The molecule has 3 heteroatoms. The third kappa shape index (κ3) is 2.87. The second-order valence-electron chi connectivity index (χ2n) is 6.20. The lowest BCUT2D eigenvalue weighted by Gasteiger charge is -2.22. The Bertz CT molecular complexity index is 498. The Morgan fingerprint density at radius 2 is 2.10 bits per heavy atom. The van der Waals surface area contributed by atoms with Crippen molar-refractivity contribution in [1.29, 1.82) is 0 Å². The van der Waals surface area contributed by atoms with Crippen LogP contribution in [0.3, 0.4) is 0 Å². The molecule has 0 radical (unpaired) electrons. The van der Waals surface area contributed by atoms with Gasteiger partial charge in [0.2, 0.25) is 5.91 Å². The fourth-order valence-corrected chi connectivity index (χ4v) is 3.00. The number of halogens is 1. The van der Waals surface area contributed by atoms with Gasteiger partial charge in [0.1, 0.15) is 5.82 Å². The van der Waals surface area contributed by atoms with Gasteiger partial charge in [-0.15, -0.1) is 0 Å². The first kappa shape index (κ1) is 13.6. The second kappa shape index (κ2) is 5.55. The SMILES string of the molecule is CCCN(CC1CC1)C(=O)C1CC1c1ccccc1F. The molecular weight excluding hydrogens is 253 g/mol. The topological polar surface area (TPSA) is 20.3 Å². The molecule has 2 unspecified atom stereocenters. The van der Waals surface area contributed by atoms with Crippen LogP contribution in [0.2, 0.25) is 0 Å². The maximum atomic E-state index is 13.8. The first-order valence-electron chi connectivity index (χ1n) is 7.74. The number of hydrogen-bond donors (Lipinski definition) is 0. The number of rotatable bonds is 6. The van der Waals surface area contributed by atoms with E-state index in [9.17, 15) is 9.18 Å². The third-order valence-electron chi connectivity index (χ3n) is 4.39. The summed E-state index contributed by atoms with van der Waals surface area (Å²) in [6, 6.07) is 6.86. The van der Waals surface area contributed by atoms with Crippen LogP contribution in [0.15, 0.2) is 24.3 Å². The summed E-state index contributed by atoms with van der Waals surface area (Å²) in [4.78, 5) is 14.6. The van der Waals surface area contributed by atoms with Crippen LogP contribution in [-0.2, 0) is 4.79 Å². The van der Waals surface area contributed by atoms with Crippen molar-refractivity contribution >= 4 is 5.91 Å². The molecule has 108 valence electrons. The fourth-order valence-electron chi connectivity index (χ4n) is 3.00. The molecule has 0 heterocycles. The van der Waals surface area contributed by atoms with Crippen molar-refractivity contribution in [2.75, 3.05) is 13.1 Å². The van der Waals surface area contributed by atoms with E-state index < -0.39 is 0 Å². The molecule has 2 fully saturated rings. The van der Waals surface area contributed by atoms with E-state index >= 15 is 0 Å². The molecule has 2 atom stereocenters. The van der Waals surface area contributed by atoms with Gasteiger partial charge in [-0.05, 0) is 49.1 Å². The van der Waals surface area contributed by atoms with E-state index in [1.807, 2.05) is 17.0 Å². The summed E-state index contributed by atoms with van der Waals surface area (Å²) in [5.41, 5.74) is 0.716.